The predicted molar refractivity (Wildman–Crippen MR) is 44.3 cm³/mol. The van der Waals surface area contributed by atoms with Gasteiger partial charge < -0.3 is 5.73 Å². The normalized spacial score (nSPS) is 11.9. The number of rotatable bonds is 4. The third kappa shape index (κ3) is 3.82. The standard InChI is InChI=1S/C7H12F2N4/c1-7(8,9)3-2-4-13-11-5-6(10)12-13/h5H,2-4H2,1H3,(H2,10,12). The first kappa shape index (κ1) is 9.88. The van der Waals surface area contributed by atoms with Crippen molar-refractivity contribution in [2.45, 2.75) is 32.2 Å². The van der Waals surface area contributed by atoms with Gasteiger partial charge in [-0.15, -0.1) is 5.10 Å². The molecular weight excluding hydrogens is 178 g/mol. The molecule has 0 fully saturated rings. The quantitative estimate of drug-likeness (QED) is 0.778. The van der Waals surface area contributed by atoms with Gasteiger partial charge in [0, 0.05) is 6.42 Å². The Morgan fingerprint density at radius 3 is 2.77 bits per heavy atom. The van der Waals surface area contributed by atoms with E-state index in [1.165, 1.54) is 11.0 Å². The summed E-state index contributed by atoms with van der Waals surface area (Å²) in [5.74, 6) is -2.30. The fourth-order valence-electron chi connectivity index (χ4n) is 0.949. The van der Waals surface area contributed by atoms with E-state index < -0.39 is 5.92 Å². The minimum atomic E-state index is -2.61. The second kappa shape index (κ2) is 3.68. The van der Waals surface area contributed by atoms with Crippen molar-refractivity contribution in [3.63, 3.8) is 0 Å². The van der Waals surface area contributed by atoms with Crippen LogP contribution in [0.4, 0.5) is 14.6 Å². The van der Waals surface area contributed by atoms with Crippen molar-refractivity contribution < 1.29 is 8.78 Å². The predicted octanol–water partition coefficient (Wildman–Crippen LogP) is 1.30. The molecule has 0 bridgehead atoms. The molecule has 0 spiro atoms. The summed E-state index contributed by atoms with van der Waals surface area (Å²) in [6.07, 6.45) is 1.58. The average Bonchev–Trinajstić information content (AvgIpc) is 2.33. The number of halogens is 2. The molecule has 4 nitrogen and oxygen atoms in total. The van der Waals surface area contributed by atoms with E-state index in [0.29, 0.717) is 18.8 Å². The van der Waals surface area contributed by atoms with Gasteiger partial charge in [-0.05, 0) is 13.3 Å². The molecule has 0 aliphatic rings. The summed E-state index contributed by atoms with van der Waals surface area (Å²) < 4.78 is 24.7. The zero-order chi connectivity index (χ0) is 9.90. The Labute approximate surface area is 74.7 Å². The Hall–Kier alpha value is -1.20. The van der Waals surface area contributed by atoms with Crippen LogP contribution in [0, 0.1) is 0 Å². The van der Waals surface area contributed by atoms with E-state index in [2.05, 4.69) is 10.2 Å². The summed E-state index contributed by atoms with van der Waals surface area (Å²) >= 11 is 0. The molecule has 1 rings (SSSR count). The Bertz CT molecular complexity index is 266. The third-order valence-electron chi connectivity index (χ3n) is 1.53. The van der Waals surface area contributed by atoms with E-state index in [1.54, 1.807) is 0 Å². The Kier molecular flexibility index (Phi) is 2.79. The number of nitrogen functional groups attached to an aromatic ring is 1. The first-order valence-electron chi connectivity index (χ1n) is 4.01. The van der Waals surface area contributed by atoms with Gasteiger partial charge in [0.05, 0.1) is 12.7 Å². The summed E-state index contributed by atoms with van der Waals surface area (Å²) in [5.41, 5.74) is 5.29. The largest absolute Gasteiger partial charge is 0.381 e. The van der Waals surface area contributed by atoms with Crippen LogP contribution in [0.15, 0.2) is 6.20 Å². The fourth-order valence-corrected chi connectivity index (χ4v) is 0.949. The molecule has 0 unspecified atom stereocenters. The van der Waals surface area contributed by atoms with Crippen LogP contribution in [0.2, 0.25) is 0 Å². The number of hydrogen-bond acceptors (Lipinski definition) is 3. The molecule has 0 aliphatic heterocycles. The van der Waals surface area contributed by atoms with Crippen molar-refractivity contribution >= 4 is 5.82 Å². The number of aryl methyl sites for hydroxylation is 1. The minimum absolute atomic E-state index is 0.158. The van der Waals surface area contributed by atoms with Crippen LogP contribution >= 0.6 is 0 Å². The van der Waals surface area contributed by atoms with Gasteiger partial charge in [-0.1, -0.05) is 0 Å². The SMILES string of the molecule is CC(F)(F)CCCn1ncc(N)n1. The molecule has 0 amide bonds. The average molecular weight is 190 g/mol. The highest BCUT2D eigenvalue weighted by Crippen LogP contribution is 2.18. The zero-order valence-electron chi connectivity index (χ0n) is 7.37. The lowest BCUT2D eigenvalue weighted by Gasteiger charge is -2.08. The molecule has 13 heavy (non-hydrogen) atoms. The summed E-state index contributed by atoms with van der Waals surface area (Å²) in [4.78, 5) is 1.32. The van der Waals surface area contributed by atoms with E-state index in [-0.39, 0.29) is 6.42 Å². The molecule has 0 saturated heterocycles. The zero-order valence-corrected chi connectivity index (χ0v) is 7.37. The fraction of sp³-hybridized carbons (Fsp3) is 0.714. The summed E-state index contributed by atoms with van der Waals surface area (Å²) in [6.45, 7) is 1.28. The van der Waals surface area contributed by atoms with Crippen LogP contribution < -0.4 is 5.73 Å². The number of anilines is 1. The van der Waals surface area contributed by atoms with Crippen LogP contribution in [-0.4, -0.2) is 20.9 Å². The third-order valence-corrected chi connectivity index (χ3v) is 1.53. The number of hydrogen-bond donors (Lipinski definition) is 1. The van der Waals surface area contributed by atoms with Crippen molar-refractivity contribution in [2.75, 3.05) is 5.73 Å². The lowest BCUT2D eigenvalue weighted by Crippen LogP contribution is -2.12. The van der Waals surface area contributed by atoms with Gasteiger partial charge in [0.1, 0.15) is 0 Å². The van der Waals surface area contributed by atoms with Gasteiger partial charge in [0.15, 0.2) is 5.82 Å². The molecule has 74 valence electrons. The Balaban J connectivity index is 2.28. The van der Waals surface area contributed by atoms with Gasteiger partial charge in [-0.3, -0.25) is 0 Å². The summed E-state index contributed by atoms with van der Waals surface area (Å²) in [5, 5.41) is 7.54. The molecule has 2 N–H and O–H groups in total. The lowest BCUT2D eigenvalue weighted by molar-refractivity contribution is 0.00944. The Morgan fingerprint density at radius 1 is 1.62 bits per heavy atom. The highest BCUT2D eigenvalue weighted by molar-refractivity contribution is 5.19. The second-order valence-electron chi connectivity index (χ2n) is 3.04. The van der Waals surface area contributed by atoms with E-state index in [4.69, 9.17) is 5.73 Å². The van der Waals surface area contributed by atoms with Crippen molar-refractivity contribution in [2.24, 2.45) is 0 Å². The molecule has 0 radical (unpaired) electrons. The van der Waals surface area contributed by atoms with Crippen LogP contribution in [0.3, 0.4) is 0 Å². The molecule has 0 saturated carbocycles. The highest BCUT2D eigenvalue weighted by atomic mass is 19.3. The second-order valence-corrected chi connectivity index (χ2v) is 3.04. The smallest absolute Gasteiger partial charge is 0.245 e. The summed E-state index contributed by atoms with van der Waals surface area (Å²) in [6, 6.07) is 0. The van der Waals surface area contributed by atoms with Gasteiger partial charge in [0.25, 0.3) is 0 Å². The van der Waals surface area contributed by atoms with Gasteiger partial charge in [-0.2, -0.15) is 9.90 Å². The summed E-state index contributed by atoms with van der Waals surface area (Å²) in [7, 11) is 0. The number of alkyl halides is 2. The van der Waals surface area contributed by atoms with Gasteiger partial charge in [-0.25, -0.2) is 8.78 Å². The monoisotopic (exact) mass is 190 g/mol. The van der Waals surface area contributed by atoms with Crippen LogP contribution in [-0.2, 0) is 6.54 Å². The molecule has 6 heteroatoms. The van der Waals surface area contributed by atoms with Crippen molar-refractivity contribution in [1.29, 1.82) is 0 Å². The molecule has 0 aromatic carbocycles. The highest BCUT2D eigenvalue weighted by Gasteiger charge is 2.19. The maximum atomic E-state index is 12.4. The molecule has 1 aromatic heterocycles. The number of aromatic nitrogens is 3. The van der Waals surface area contributed by atoms with Crippen LogP contribution in [0.5, 0.6) is 0 Å². The van der Waals surface area contributed by atoms with Crippen molar-refractivity contribution in [3.8, 4) is 0 Å². The molecule has 1 aromatic rings. The molecular formula is C7H12F2N4. The van der Waals surface area contributed by atoms with E-state index in [1.807, 2.05) is 0 Å². The van der Waals surface area contributed by atoms with Crippen molar-refractivity contribution in [1.82, 2.24) is 15.0 Å². The van der Waals surface area contributed by atoms with Crippen molar-refractivity contribution in [3.05, 3.63) is 6.20 Å². The maximum absolute atomic E-state index is 12.4. The lowest BCUT2D eigenvalue weighted by atomic mass is 10.2. The van der Waals surface area contributed by atoms with E-state index in [9.17, 15) is 8.78 Å². The molecule has 1 heterocycles. The molecule has 0 aliphatic carbocycles. The first-order chi connectivity index (χ1) is 5.97. The van der Waals surface area contributed by atoms with E-state index in [0.717, 1.165) is 6.92 Å². The number of nitrogens with two attached hydrogens (primary N) is 1. The molecule has 0 atom stereocenters. The topological polar surface area (TPSA) is 56.7 Å². The van der Waals surface area contributed by atoms with Crippen LogP contribution in [0.25, 0.3) is 0 Å². The van der Waals surface area contributed by atoms with Crippen LogP contribution in [0.1, 0.15) is 19.8 Å². The Morgan fingerprint density at radius 2 is 2.31 bits per heavy atom. The van der Waals surface area contributed by atoms with E-state index >= 15 is 0 Å². The number of nitrogens with zero attached hydrogens (tertiary/aromatic N) is 3. The van der Waals surface area contributed by atoms with Gasteiger partial charge in [0.2, 0.25) is 5.92 Å². The maximum Gasteiger partial charge on any atom is 0.245 e. The first-order valence-corrected chi connectivity index (χ1v) is 4.01. The van der Waals surface area contributed by atoms with Gasteiger partial charge >= 0.3 is 0 Å². The minimum Gasteiger partial charge on any atom is -0.381 e.